The van der Waals surface area contributed by atoms with Gasteiger partial charge in [-0.3, -0.25) is 0 Å². The third-order valence-electron chi connectivity index (χ3n) is 3.32. The first-order valence-corrected chi connectivity index (χ1v) is 6.05. The van der Waals surface area contributed by atoms with Crippen LogP contribution < -0.4 is 4.74 Å². The van der Waals surface area contributed by atoms with Gasteiger partial charge in [-0.15, -0.1) is 0 Å². The molecule has 0 radical (unpaired) electrons. The third-order valence-corrected chi connectivity index (χ3v) is 3.32. The van der Waals surface area contributed by atoms with Crippen molar-refractivity contribution in [1.29, 1.82) is 5.26 Å². The lowest BCUT2D eigenvalue weighted by atomic mass is 9.80. The van der Waals surface area contributed by atoms with Gasteiger partial charge >= 0.3 is 6.18 Å². The summed E-state index contributed by atoms with van der Waals surface area (Å²) in [6.07, 6.45) is -1.97. The van der Waals surface area contributed by atoms with Gasteiger partial charge in [0.1, 0.15) is 17.5 Å². The van der Waals surface area contributed by atoms with Crippen LogP contribution in [0.5, 0.6) is 5.75 Å². The van der Waals surface area contributed by atoms with Crippen molar-refractivity contribution >= 4 is 0 Å². The molecule has 1 atom stereocenters. The Balaban J connectivity index is 2.28. The highest BCUT2D eigenvalue weighted by Crippen LogP contribution is 2.41. The second-order valence-electron chi connectivity index (χ2n) is 4.65. The Morgan fingerprint density at radius 2 is 2.16 bits per heavy atom. The first-order chi connectivity index (χ1) is 8.91. The number of ether oxygens (including phenoxy) is 1. The molecule has 19 heavy (non-hydrogen) atoms. The van der Waals surface area contributed by atoms with Gasteiger partial charge in [-0.05, 0) is 25.7 Å². The molecule has 0 aromatic carbocycles. The minimum Gasteiger partial charge on any atom is -0.481 e. The van der Waals surface area contributed by atoms with Crippen LogP contribution in [0, 0.1) is 11.3 Å². The van der Waals surface area contributed by atoms with Crippen molar-refractivity contribution in [2.24, 2.45) is 0 Å². The summed E-state index contributed by atoms with van der Waals surface area (Å²) in [5.74, 6) is 0.316. The third kappa shape index (κ3) is 2.98. The Hall–Kier alpha value is -1.77. The van der Waals surface area contributed by atoms with Crippen molar-refractivity contribution < 1.29 is 17.9 Å². The molecule has 0 saturated heterocycles. The van der Waals surface area contributed by atoms with Gasteiger partial charge in [-0.2, -0.15) is 18.4 Å². The summed E-state index contributed by atoms with van der Waals surface area (Å²) in [5.41, 5.74) is 0.730. The molecule has 1 aliphatic rings. The molecule has 1 saturated carbocycles. The molecular weight excluding hydrogens is 257 g/mol. The number of pyridine rings is 1. The molecule has 6 heteroatoms. The lowest BCUT2D eigenvalue weighted by molar-refractivity contribution is -0.189. The fourth-order valence-electron chi connectivity index (χ4n) is 1.89. The standard InChI is InChI=1S/C13H13F3N2O/c1-8(13(14,15)16)19-12-5-10(6-17)18-7-11(12)9-3-2-4-9/h5,7-9H,2-4H2,1H3. The van der Waals surface area contributed by atoms with E-state index >= 15 is 0 Å². The van der Waals surface area contributed by atoms with Gasteiger partial charge in [-0.1, -0.05) is 6.42 Å². The average Bonchev–Trinajstić information content (AvgIpc) is 2.27. The van der Waals surface area contributed by atoms with Crippen LogP contribution in [0.25, 0.3) is 0 Å². The van der Waals surface area contributed by atoms with E-state index in [1.807, 2.05) is 6.07 Å². The van der Waals surface area contributed by atoms with E-state index in [2.05, 4.69) is 4.98 Å². The molecule has 0 spiro atoms. The van der Waals surface area contributed by atoms with E-state index in [1.165, 1.54) is 12.3 Å². The van der Waals surface area contributed by atoms with Gasteiger partial charge in [0.05, 0.1) is 0 Å². The van der Waals surface area contributed by atoms with E-state index in [4.69, 9.17) is 10.00 Å². The van der Waals surface area contributed by atoms with Crippen LogP contribution in [0.2, 0.25) is 0 Å². The first-order valence-electron chi connectivity index (χ1n) is 6.05. The van der Waals surface area contributed by atoms with Crippen LogP contribution in [0.3, 0.4) is 0 Å². The zero-order chi connectivity index (χ0) is 14.0. The number of halogens is 3. The quantitative estimate of drug-likeness (QED) is 0.843. The van der Waals surface area contributed by atoms with Crippen molar-refractivity contribution in [1.82, 2.24) is 4.98 Å². The van der Waals surface area contributed by atoms with Gasteiger partial charge in [0, 0.05) is 17.8 Å². The molecule has 0 bridgehead atoms. The molecule has 1 aromatic rings. The SMILES string of the molecule is CC(Oc1cc(C#N)ncc1C1CCC1)C(F)(F)F. The zero-order valence-electron chi connectivity index (χ0n) is 10.4. The predicted octanol–water partition coefficient (Wildman–Crippen LogP) is 3.55. The van der Waals surface area contributed by atoms with Crippen LogP contribution in [0.1, 0.15) is 43.4 Å². The van der Waals surface area contributed by atoms with Crippen molar-refractivity contribution in [3.63, 3.8) is 0 Å². The Labute approximate surface area is 109 Å². The summed E-state index contributed by atoms with van der Waals surface area (Å²) in [7, 11) is 0. The Morgan fingerprint density at radius 1 is 1.47 bits per heavy atom. The van der Waals surface area contributed by atoms with Gasteiger partial charge in [0.2, 0.25) is 0 Å². The highest BCUT2D eigenvalue weighted by molar-refractivity contribution is 5.40. The molecule has 1 aliphatic carbocycles. The molecule has 102 valence electrons. The van der Waals surface area contributed by atoms with E-state index in [9.17, 15) is 13.2 Å². The van der Waals surface area contributed by atoms with Crippen molar-refractivity contribution in [3.05, 3.63) is 23.5 Å². The molecule has 1 heterocycles. The largest absolute Gasteiger partial charge is 0.481 e. The Bertz CT molecular complexity index is 504. The highest BCUT2D eigenvalue weighted by Gasteiger charge is 2.39. The topological polar surface area (TPSA) is 45.9 Å². The summed E-state index contributed by atoms with van der Waals surface area (Å²) in [6, 6.07) is 3.10. The minimum atomic E-state index is -4.42. The number of hydrogen-bond donors (Lipinski definition) is 0. The number of hydrogen-bond acceptors (Lipinski definition) is 3. The number of rotatable bonds is 3. The van der Waals surface area contributed by atoms with E-state index in [-0.39, 0.29) is 17.4 Å². The van der Waals surface area contributed by atoms with Gasteiger partial charge in [0.15, 0.2) is 6.10 Å². The van der Waals surface area contributed by atoms with E-state index < -0.39 is 12.3 Å². The van der Waals surface area contributed by atoms with E-state index in [0.717, 1.165) is 26.2 Å². The van der Waals surface area contributed by atoms with Crippen LogP contribution >= 0.6 is 0 Å². The van der Waals surface area contributed by atoms with Crippen molar-refractivity contribution in [2.75, 3.05) is 0 Å². The molecule has 0 amide bonds. The molecular formula is C13H13F3N2O. The molecule has 1 unspecified atom stereocenters. The predicted molar refractivity (Wildman–Crippen MR) is 61.7 cm³/mol. The molecule has 3 nitrogen and oxygen atoms in total. The van der Waals surface area contributed by atoms with E-state index in [0.29, 0.717) is 5.56 Å². The summed E-state index contributed by atoms with van der Waals surface area (Å²) in [4.78, 5) is 3.91. The highest BCUT2D eigenvalue weighted by atomic mass is 19.4. The smallest absolute Gasteiger partial charge is 0.425 e. The monoisotopic (exact) mass is 270 g/mol. The van der Waals surface area contributed by atoms with Crippen molar-refractivity contribution in [2.45, 2.75) is 44.4 Å². The zero-order valence-corrected chi connectivity index (χ0v) is 10.4. The lowest BCUT2D eigenvalue weighted by Crippen LogP contribution is -2.31. The molecule has 2 rings (SSSR count). The van der Waals surface area contributed by atoms with Gasteiger partial charge in [0.25, 0.3) is 0 Å². The van der Waals surface area contributed by atoms with Crippen LogP contribution in [-0.2, 0) is 0 Å². The molecule has 1 fully saturated rings. The summed E-state index contributed by atoms with van der Waals surface area (Å²) >= 11 is 0. The summed E-state index contributed by atoms with van der Waals surface area (Å²) in [5, 5.41) is 8.77. The molecule has 1 aromatic heterocycles. The Kier molecular flexibility index (Phi) is 3.65. The second-order valence-corrected chi connectivity index (χ2v) is 4.65. The normalized spacial score (nSPS) is 17.4. The fraction of sp³-hybridized carbons (Fsp3) is 0.538. The van der Waals surface area contributed by atoms with Crippen LogP contribution in [0.15, 0.2) is 12.3 Å². The number of nitrogens with zero attached hydrogens (tertiary/aromatic N) is 2. The fourth-order valence-corrected chi connectivity index (χ4v) is 1.89. The van der Waals surface area contributed by atoms with Gasteiger partial charge in [-0.25, -0.2) is 4.98 Å². The van der Waals surface area contributed by atoms with E-state index in [1.54, 1.807) is 0 Å². The van der Waals surface area contributed by atoms with Gasteiger partial charge < -0.3 is 4.74 Å². The Morgan fingerprint density at radius 3 is 2.63 bits per heavy atom. The van der Waals surface area contributed by atoms with Crippen LogP contribution in [0.4, 0.5) is 13.2 Å². The number of aromatic nitrogens is 1. The minimum absolute atomic E-state index is 0.0625. The van der Waals surface area contributed by atoms with Crippen molar-refractivity contribution in [3.8, 4) is 11.8 Å². The second kappa shape index (κ2) is 5.08. The lowest BCUT2D eigenvalue weighted by Gasteiger charge is -2.28. The van der Waals surface area contributed by atoms with Crippen LogP contribution in [-0.4, -0.2) is 17.3 Å². The number of nitriles is 1. The maximum absolute atomic E-state index is 12.5. The maximum Gasteiger partial charge on any atom is 0.425 e. The average molecular weight is 270 g/mol. The first kappa shape index (κ1) is 13.7. The summed E-state index contributed by atoms with van der Waals surface area (Å²) < 4.78 is 42.6. The maximum atomic E-state index is 12.5. The molecule has 0 aliphatic heterocycles. The summed E-state index contributed by atoms with van der Waals surface area (Å²) in [6.45, 7) is 0.955. The number of alkyl halides is 3. The molecule has 0 N–H and O–H groups in total.